The number of nitrogens with zero attached hydrogens (tertiary/aromatic N) is 2. The Morgan fingerprint density at radius 1 is 1.26 bits per heavy atom. The molecule has 1 N–H and O–H groups in total. The molecule has 2 aromatic carbocycles. The summed E-state index contributed by atoms with van der Waals surface area (Å²) in [4.78, 5) is 24.5. The number of fused-ring (bicyclic) bond motifs is 1. The molecule has 0 saturated carbocycles. The summed E-state index contributed by atoms with van der Waals surface area (Å²) in [6.45, 7) is 2.44. The van der Waals surface area contributed by atoms with Gasteiger partial charge >= 0.3 is 5.69 Å². The molecule has 1 heterocycles. The van der Waals surface area contributed by atoms with Crippen LogP contribution >= 0.6 is 0 Å². The Hall–Kier alpha value is -3.15. The van der Waals surface area contributed by atoms with Gasteiger partial charge in [0, 0.05) is 23.7 Å². The molecule has 0 atom stereocenters. The maximum absolute atomic E-state index is 12.6. The van der Waals surface area contributed by atoms with Gasteiger partial charge < -0.3 is 10.0 Å². The Kier molecular flexibility index (Phi) is 3.57. The molecule has 0 radical (unpaired) electrons. The normalized spacial score (nSPS) is 15.1. The molecule has 0 aliphatic carbocycles. The van der Waals surface area contributed by atoms with E-state index in [-0.39, 0.29) is 11.6 Å². The fourth-order valence-corrected chi connectivity index (χ4v) is 2.70. The molecule has 0 fully saturated rings. The largest absolute Gasteiger partial charge is 0.502 e. The highest BCUT2D eigenvalue weighted by atomic mass is 16.6. The van der Waals surface area contributed by atoms with Crippen LogP contribution in [0.1, 0.15) is 18.1 Å². The molecule has 1 aliphatic rings. The molecule has 0 saturated heterocycles. The number of hydrogen-bond acceptors (Lipinski definition) is 4. The van der Waals surface area contributed by atoms with Crippen molar-refractivity contribution in [3.8, 4) is 5.75 Å². The van der Waals surface area contributed by atoms with Crippen LogP contribution in [0, 0.1) is 10.1 Å². The van der Waals surface area contributed by atoms with Gasteiger partial charge in [0.15, 0.2) is 5.75 Å². The standard InChI is InChI=1S/C17H14N2O4/c1-2-18-14-6-4-3-5-12(14)13(17(18)21)9-11-7-8-16(20)15(10-11)19(22)23/h3-10,20H,2H2,1H3/b13-9-. The zero-order valence-corrected chi connectivity index (χ0v) is 12.4. The number of nitro groups is 1. The first kappa shape index (κ1) is 14.8. The molecule has 0 spiro atoms. The van der Waals surface area contributed by atoms with Crippen LogP contribution in [0.25, 0.3) is 11.6 Å². The lowest BCUT2D eigenvalue weighted by molar-refractivity contribution is -0.385. The molecule has 3 rings (SSSR count). The van der Waals surface area contributed by atoms with Gasteiger partial charge in [-0.05, 0) is 30.7 Å². The fraction of sp³-hybridized carbons (Fsp3) is 0.118. The molecule has 2 aromatic rings. The van der Waals surface area contributed by atoms with Crippen molar-refractivity contribution >= 4 is 28.9 Å². The quantitative estimate of drug-likeness (QED) is 0.536. The number of benzene rings is 2. The third kappa shape index (κ3) is 2.44. The predicted molar refractivity (Wildman–Crippen MR) is 87.1 cm³/mol. The summed E-state index contributed by atoms with van der Waals surface area (Å²) in [5, 5.41) is 20.4. The number of carbonyl (C=O) groups is 1. The second-order valence-corrected chi connectivity index (χ2v) is 5.13. The number of anilines is 1. The molecule has 6 nitrogen and oxygen atoms in total. The Balaban J connectivity index is 2.12. The summed E-state index contributed by atoms with van der Waals surface area (Å²) in [5.74, 6) is -0.532. The summed E-state index contributed by atoms with van der Waals surface area (Å²) in [6, 6.07) is 11.5. The summed E-state index contributed by atoms with van der Waals surface area (Å²) in [6.07, 6.45) is 1.61. The lowest BCUT2D eigenvalue weighted by Gasteiger charge is -2.13. The first-order valence-electron chi connectivity index (χ1n) is 7.13. The number of aromatic hydroxyl groups is 1. The van der Waals surface area contributed by atoms with E-state index >= 15 is 0 Å². The average molecular weight is 310 g/mol. The van der Waals surface area contributed by atoms with Crippen molar-refractivity contribution in [2.45, 2.75) is 6.92 Å². The van der Waals surface area contributed by atoms with E-state index in [1.807, 2.05) is 31.2 Å². The van der Waals surface area contributed by atoms with Crippen LogP contribution in [0.2, 0.25) is 0 Å². The molecule has 116 valence electrons. The molecule has 0 aromatic heterocycles. The first-order valence-corrected chi connectivity index (χ1v) is 7.13. The van der Waals surface area contributed by atoms with E-state index in [1.165, 1.54) is 12.1 Å². The Morgan fingerprint density at radius 3 is 2.70 bits per heavy atom. The molecular formula is C17H14N2O4. The van der Waals surface area contributed by atoms with E-state index in [1.54, 1.807) is 17.0 Å². The van der Waals surface area contributed by atoms with Gasteiger partial charge in [-0.3, -0.25) is 14.9 Å². The van der Waals surface area contributed by atoms with Gasteiger partial charge in [0.25, 0.3) is 5.91 Å². The third-order valence-corrected chi connectivity index (χ3v) is 3.78. The van der Waals surface area contributed by atoms with Gasteiger partial charge in [-0.25, -0.2) is 0 Å². The van der Waals surface area contributed by atoms with Gasteiger partial charge in [0.2, 0.25) is 0 Å². The summed E-state index contributed by atoms with van der Waals surface area (Å²) < 4.78 is 0. The van der Waals surface area contributed by atoms with Gasteiger partial charge in [-0.2, -0.15) is 0 Å². The number of amides is 1. The zero-order valence-electron chi connectivity index (χ0n) is 12.4. The second-order valence-electron chi connectivity index (χ2n) is 5.13. The summed E-state index contributed by atoms with van der Waals surface area (Å²) in [7, 11) is 0. The molecule has 0 bridgehead atoms. The summed E-state index contributed by atoms with van der Waals surface area (Å²) in [5.41, 5.74) is 2.23. The van der Waals surface area contributed by atoms with Gasteiger partial charge in [0.1, 0.15) is 0 Å². The van der Waals surface area contributed by atoms with Crippen LogP contribution in [-0.2, 0) is 4.79 Å². The number of hydrogen-bond donors (Lipinski definition) is 1. The highest BCUT2D eigenvalue weighted by molar-refractivity contribution is 6.35. The number of para-hydroxylation sites is 1. The Morgan fingerprint density at radius 2 is 2.00 bits per heavy atom. The highest BCUT2D eigenvalue weighted by Crippen LogP contribution is 2.38. The highest BCUT2D eigenvalue weighted by Gasteiger charge is 2.30. The maximum Gasteiger partial charge on any atom is 0.311 e. The second kappa shape index (κ2) is 5.57. The van der Waals surface area contributed by atoms with Crippen LogP contribution in [0.3, 0.4) is 0 Å². The maximum atomic E-state index is 12.6. The molecule has 23 heavy (non-hydrogen) atoms. The third-order valence-electron chi connectivity index (χ3n) is 3.78. The van der Waals surface area contributed by atoms with E-state index in [0.717, 1.165) is 11.3 Å². The topological polar surface area (TPSA) is 83.7 Å². The first-order chi connectivity index (χ1) is 11.0. The van der Waals surface area contributed by atoms with Gasteiger partial charge in [-0.1, -0.05) is 24.3 Å². The lowest BCUT2D eigenvalue weighted by atomic mass is 10.0. The van der Waals surface area contributed by atoms with E-state index in [0.29, 0.717) is 17.7 Å². The monoisotopic (exact) mass is 310 g/mol. The van der Waals surface area contributed by atoms with Crippen molar-refractivity contribution in [3.05, 3.63) is 63.7 Å². The van der Waals surface area contributed by atoms with Crippen molar-refractivity contribution in [2.24, 2.45) is 0 Å². The molecule has 1 amide bonds. The van der Waals surface area contributed by atoms with Crippen LogP contribution in [0.15, 0.2) is 42.5 Å². The Bertz CT molecular complexity index is 842. The van der Waals surface area contributed by atoms with Crippen molar-refractivity contribution in [1.29, 1.82) is 0 Å². The van der Waals surface area contributed by atoms with E-state index in [9.17, 15) is 20.0 Å². The molecule has 6 heteroatoms. The number of rotatable bonds is 3. The SMILES string of the molecule is CCN1C(=O)/C(=C\c2ccc(O)c([N+](=O)[O-])c2)c2ccccc21. The number of likely N-dealkylation sites (N-methyl/N-ethyl adjacent to an activating group) is 1. The lowest BCUT2D eigenvalue weighted by Crippen LogP contribution is -2.25. The molecule has 0 unspecified atom stereocenters. The smallest absolute Gasteiger partial charge is 0.311 e. The van der Waals surface area contributed by atoms with Crippen molar-refractivity contribution in [2.75, 3.05) is 11.4 Å². The number of phenolic OH excluding ortho intramolecular Hbond substituents is 1. The zero-order chi connectivity index (χ0) is 16.6. The molecular weight excluding hydrogens is 296 g/mol. The Labute approximate surface area is 132 Å². The molecule has 1 aliphatic heterocycles. The fourth-order valence-electron chi connectivity index (χ4n) is 2.70. The number of phenols is 1. The minimum Gasteiger partial charge on any atom is -0.502 e. The van der Waals surface area contributed by atoms with Crippen LogP contribution < -0.4 is 4.90 Å². The minimum atomic E-state index is -0.653. The number of carbonyl (C=O) groups excluding carboxylic acids is 1. The predicted octanol–water partition coefficient (Wildman–Crippen LogP) is 3.21. The number of nitro benzene ring substituents is 1. The minimum absolute atomic E-state index is 0.135. The van der Waals surface area contributed by atoms with Crippen molar-refractivity contribution < 1.29 is 14.8 Å². The van der Waals surface area contributed by atoms with E-state index in [2.05, 4.69) is 0 Å². The average Bonchev–Trinajstić information content (AvgIpc) is 2.81. The van der Waals surface area contributed by atoms with Crippen LogP contribution in [0.4, 0.5) is 11.4 Å². The summed E-state index contributed by atoms with van der Waals surface area (Å²) >= 11 is 0. The van der Waals surface area contributed by atoms with Crippen LogP contribution in [0.5, 0.6) is 5.75 Å². The van der Waals surface area contributed by atoms with Crippen LogP contribution in [-0.4, -0.2) is 22.5 Å². The van der Waals surface area contributed by atoms with E-state index in [4.69, 9.17) is 0 Å². The van der Waals surface area contributed by atoms with Gasteiger partial charge in [-0.15, -0.1) is 0 Å². The van der Waals surface area contributed by atoms with Crippen molar-refractivity contribution in [1.82, 2.24) is 0 Å². The van der Waals surface area contributed by atoms with Crippen molar-refractivity contribution in [3.63, 3.8) is 0 Å². The van der Waals surface area contributed by atoms with E-state index < -0.39 is 10.7 Å². The van der Waals surface area contributed by atoms with Gasteiger partial charge in [0.05, 0.1) is 10.6 Å².